The number of methoxy groups -OCH3 is 1. The van der Waals surface area contributed by atoms with E-state index in [9.17, 15) is 0 Å². The van der Waals surface area contributed by atoms with Crippen molar-refractivity contribution in [3.63, 3.8) is 0 Å². The second kappa shape index (κ2) is 4.65. The average Bonchev–Trinajstić information content (AvgIpc) is 2.26. The van der Waals surface area contributed by atoms with Crippen molar-refractivity contribution in [2.45, 2.75) is 32.4 Å². The lowest BCUT2D eigenvalue weighted by atomic mass is 9.64. The van der Waals surface area contributed by atoms with Gasteiger partial charge >= 0.3 is 0 Å². The smallest absolute Gasteiger partial charge is 0.0661 e. The summed E-state index contributed by atoms with van der Waals surface area (Å²) in [6, 6.07) is 6.53. The number of nitrogens with one attached hydrogen (secondary N) is 1. The lowest BCUT2D eigenvalue weighted by Crippen LogP contribution is -2.57. The minimum absolute atomic E-state index is 0.157. The van der Waals surface area contributed by atoms with Gasteiger partial charge in [-0.1, -0.05) is 13.8 Å². The van der Waals surface area contributed by atoms with Crippen LogP contribution >= 0.6 is 22.6 Å². The molecular formula is C13H19IN2O. The summed E-state index contributed by atoms with van der Waals surface area (Å²) in [6.07, 6.45) is 1.37. The van der Waals surface area contributed by atoms with Crippen LogP contribution in [0.5, 0.6) is 0 Å². The first-order valence-corrected chi connectivity index (χ1v) is 6.87. The van der Waals surface area contributed by atoms with Gasteiger partial charge in [-0.15, -0.1) is 0 Å². The van der Waals surface area contributed by atoms with E-state index < -0.39 is 0 Å². The fourth-order valence-corrected chi connectivity index (χ4v) is 2.90. The summed E-state index contributed by atoms with van der Waals surface area (Å²) in [5.41, 5.74) is 8.00. The highest BCUT2D eigenvalue weighted by molar-refractivity contribution is 14.1. The van der Waals surface area contributed by atoms with Crippen molar-refractivity contribution in [1.29, 1.82) is 0 Å². The van der Waals surface area contributed by atoms with Crippen molar-refractivity contribution in [3.8, 4) is 0 Å². The van der Waals surface area contributed by atoms with E-state index in [0.29, 0.717) is 12.1 Å². The maximum atomic E-state index is 6.01. The Morgan fingerprint density at radius 1 is 1.47 bits per heavy atom. The molecule has 0 amide bonds. The number of hydrogen-bond acceptors (Lipinski definition) is 3. The van der Waals surface area contributed by atoms with E-state index in [1.165, 1.54) is 0 Å². The molecule has 1 aromatic rings. The summed E-state index contributed by atoms with van der Waals surface area (Å²) in [7, 11) is 1.78. The first kappa shape index (κ1) is 13.0. The van der Waals surface area contributed by atoms with Gasteiger partial charge in [0.25, 0.3) is 0 Å². The Hall–Kier alpha value is -0.490. The number of nitrogen functional groups attached to an aromatic ring is 1. The van der Waals surface area contributed by atoms with Crippen LogP contribution in [0.15, 0.2) is 18.2 Å². The van der Waals surface area contributed by atoms with E-state index >= 15 is 0 Å². The lowest BCUT2D eigenvalue weighted by molar-refractivity contribution is -0.0794. The molecule has 3 N–H and O–H groups in total. The molecule has 0 radical (unpaired) electrons. The number of hydrogen-bond donors (Lipinski definition) is 2. The van der Waals surface area contributed by atoms with E-state index in [2.05, 4.69) is 47.8 Å². The van der Waals surface area contributed by atoms with Crippen molar-refractivity contribution in [2.24, 2.45) is 5.41 Å². The van der Waals surface area contributed by atoms with E-state index in [0.717, 1.165) is 21.4 Å². The molecule has 1 aliphatic carbocycles. The van der Waals surface area contributed by atoms with Crippen LogP contribution in [0.2, 0.25) is 0 Å². The third kappa shape index (κ3) is 2.38. The van der Waals surface area contributed by atoms with E-state index in [-0.39, 0.29) is 5.41 Å². The summed E-state index contributed by atoms with van der Waals surface area (Å²) in [4.78, 5) is 0. The van der Waals surface area contributed by atoms with Crippen molar-refractivity contribution in [2.75, 3.05) is 18.2 Å². The number of anilines is 2. The third-order valence-electron chi connectivity index (χ3n) is 3.81. The van der Waals surface area contributed by atoms with Gasteiger partial charge in [-0.25, -0.2) is 0 Å². The molecular weight excluding hydrogens is 327 g/mol. The molecule has 1 aliphatic rings. The minimum Gasteiger partial charge on any atom is -0.397 e. The van der Waals surface area contributed by atoms with Crippen LogP contribution in [0.1, 0.15) is 20.3 Å². The number of benzene rings is 1. The minimum atomic E-state index is 0.157. The Morgan fingerprint density at radius 2 is 2.18 bits per heavy atom. The molecule has 2 atom stereocenters. The molecule has 3 nitrogen and oxygen atoms in total. The SMILES string of the molecule is COC1CC(Nc2ccc(I)cc2N)C1(C)C. The molecule has 1 aromatic carbocycles. The number of rotatable bonds is 3. The van der Waals surface area contributed by atoms with Crippen molar-refractivity contribution < 1.29 is 4.74 Å². The Kier molecular flexibility index (Phi) is 3.54. The van der Waals surface area contributed by atoms with Crippen LogP contribution in [0, 0.1) is 8.99 Å². The average molecular weight is 346 g/mol. The van der Waals surface area contributed by atoms with Crippen LogP contribution in [0.4, 0.5) is 11.4 Å². The second-order valence-electron chi connectivity index (χ2n) is 5.21. The summed E-state index contributed by atoms with van der Waals surface area (Å²) in [5.74, 6) is 0. The molecule has 1 saturated carbocycles. The van der Waals surface area contributed by atoms with Crippen molar-refractivity contribution in [3.05, 3.63) is 21.8 Å². The fourth-order valence-electron chi connectivity index (χ4n) is 2.38. The largest absolute Gasteiger partial charge is 0.397 e. The Morgan fingerprint density at radius 3 is 2.71 bits per heavy atom. The van der Waals surface area contributed by atoms with Gasteiger partial charge in [-0.3, -0.25) is 0 Å². The van der Waals surface area contributed by atoms with E-state index in [1.54, 1.807) is 7.11 Å². The van der Waals surface area contributed by atoms with Gasteiger partial charge in [0, 0.05) is 22.1 Å². The number of halogens is 1. The molecule has 0 spiro atoms. The van der Waals surface area contributed by atoms with Crippen molar-refractivity contribution >= 4 is 34.0 Å². The normalized spacial score (nSPS) is 26.4. The monoisotopic (exact) mass is 346 g/mol. The molecule has 0 saturated heterocycles. The van der Waals surface area contributed by atoms with Crippen molar-refractivity contribution in [1.82, 2.24) is 0 Å². The molecule has 94 valence electrons. The maximum Gasteiger partial charge on any atom is 0.0661 e. The molecule has 2 unspecified atom stereocenters. The molecule has 0 aliphatic heterocycles. The Balaban J connectivity index is 2.08. The zero-order valence-corrected chi connectivity index (χ0v) is 12.6. The zero-order chi connectivity index (χ0) is 12.6. The predicted molar refractivity (Wildman–Crippen MR) is 80.2 cm³/mol. The van der Waals surface area contributed by atoms with E-state index in [1.807, 2.05) is 12.1 Å². The first-order chi connectivity index (χ1) is 7.95. The molecule has 17 heavy (non-hydrogen) atoms. The maximum absolute atomic E-state index is 6.01. The van der Waals surface area contributed by atoms with Gasteiger partial charge in [-0.05, 0) is 47.2 Å². The van der Waals surface area contributed by atoms with Gasteiger partial charge in [0.2, 0.25) is 0 Å². The second-order valence-corrected chi connectivity index (χ2v) is 6.46. The van der Waals surface area contributed by atoms with Gasteiger partial charge < -0.3 is 15.8 Å². The molecule has 2 rings (SSSR count). The highest BCUT2D eigenvalue weighted by Crippen LogP contribution is 2.44. The lowest BCUT2D eigenvalue weighted by Gasteiger charge is -2.51. The summed E-state index contributed by atoms with van der Waals surface area (Å²) >= 11 is 2.27. The van der Waals surface area contributed by atoms with Gasteiger partial charge in [0.15, 0.2) is 0 Å². The molecule has 0 bridgehead atoms. The molecule has 1 fully saturated rings. The molecule has 4 heteroatoms. The van der Waals surface area contributed by atoms with Crippen LogP contribution < -0.4 is 11.1 Å². The van der Waals surface area contributed by atoms with Gasteiger partial charge in [0.05, 0.1) is 17.5 Å². The van der Waals surface area contributed by atoms with Crippen LogP contribution in [-0.4, -0.2) is 19.3 Å². The number of nitrogens with two attached hydrogens (primary N) is 1. The van der Waals surface area contributed by atoms with Crippen LogP contribution in [0.25, 0.3) is 0 Å². The zero-order valence-electron chi connectivity index (χ0n) is 10.5. The van der Waals surface area contributed by atoms with E-state index in [4.69, 9.17) is 10.5 Å². The highest BCUT2D eigenvalue weighted by Gasteiger charge is 2.48. The summed E-state index contributed by atoms with van der Waals surface area (Å²) in [5, 5.41) is 3.52. The van der Waals surface area contributed by atoms with Gasteiger partial charge in [0.1, 0.15) is 0 Å². The van der Waals surface area contributed by atoms with Crippen LogP contribution in [-0.2, 0) is 4.74 Å². The Labute approximate surface area is 116 Å². The standard InChI is InChI=1S/C13H19IN2O/c1-13(2)11(7-12(13)17-3)16-10-5-4-8(14)6-9(10)15/h4-6,11-12,16H,7,15H2,1-3H3. The highest BCUT2D eigenvalue weighted by atomic mass is 127. The summed E-state index contributed by atoms with van der Waals surface area (Å²) < 4.78 is 6.61. The third-order valence-corrected chi connectivity index (χ3v) is 4.48. The fraction of sp³-hybridized carbons (Fsp3) is 0.538. The summed E-state index contributed by atoms with van der Waals surface area (Å²) in [6.45, 7) is 4.45. The van der Waals surface area contributed by atoms with Crippen LogP contribution in [0.3, 0.4) is 0 Å². The Bertz CT molecular complexity index is 420. The predicted octanol–water partition coefficient (Wildman–Crippen LogP) is 3.10. The molecule has 0 aromatic heterocycles. The topological polar surface area (TPSA) is 47.3 Å². The molecule has 0 heterocycles. The first-order valence-electron chi connectivity index (χ1n) is 5.79. The van der Waals surface area contributed by atoms with Gasteiger partial charge in [-0.2, -0.15) is 0 Å². The number of ether oxygens (including phenoxy) is 1. The quantitative estimate of drug-likeness (QED) is 0.653.